The smallest absolute Gasteiger partial charge is 0.282 e. The zero-order valence-electron chi connectivity index (χ0n) is 13.6. The van der Waals surface area contributed by atoms with Gasteiger partial charge in [0, 0.05) is 32.2 Å². The molecule has 130 valence electrons. The lowest BCUT2D eigenvalue weighted by molar-refractivity contribution is 0.211. The molecule has 0 aromatic rings. The Morgan fingerprint density at radius 3 is 2.14 bits per heavy atom. The SMILES string of the molecule is CC1CC(C)CN(S(=O)(=O)N2CC3CCCC(N)C3C2)C1.Cl. The molecular weight excluding hydrogens is 322 g/mol. The van der Waals surface area contributed by atoms with E-state index in [1.165, 1.54) is 0 Å². The van der Waals surface area contributed by atoms with Gasteiger partial charge in [0.15, 0.2) is 0 Å². The number of rotatable bonds is 2. The van der Waals surface area contributed by atoms with Crippen LogP contribution in [0.4, 0.5) is 0 Å². The molecule has 3 aliphatic rings. The van der Waals surface area contributed by atoms with Gasteiger partial charge in [-0.1, -0.05) is 20.3 Å². The summed E-state index contributed by atoms with van der Waals surface area (Å²) in [6.45, 7) is 6.96. The molecule has 0 spiro atoms. The highest BCUT2D eigenvalue weighted by atomic mass is 35.5. The molecule has 0 aromatic carbocycles. The summed E-state index contributed by atoms with van der Waals surface area (Å²) in [4.78, 5) is 0. The highest BCUT2D eigenvalue weighted by molar-refractivity contribution is 7.86. The van der Waals surface area contributed by atoms with Gasteiger partial charge in [-0.3, -0.25) is 0 Å². The van der Waals surface area contributed by atoms with Crippen molar-refractivity contribution in [1.29, 1.82) is 0 Å². The standard InChI is InChI=1S/C15H29N3O2S.ClH/c1-11-6-12(2)8-17(7-11)21(19,20)18-9-13-4-3-5-15(16)14(13)10-18;/h11-15H,3-10,16H2,1-2H3;1H. The fourth-order valence-electron chi connectivity index (χ4n) is 4.62. The molecule has 3 fully saturated rings. The maximum Gasteiger partial charge on any atom is 0.282 e. The second-order valence-electron chi connectivity index (χ2n) is 7.61. The summed E-state index contributed by atoms with van der Waals surface area (Å²) in [6.07, 6.45) is 4.46. The highest BCUT2D eigenvalue weighted by Gasteiger charge is 2.45. The Morgan fingerprint density at radius 1 is 0.955 bits per heavy atom. The first-order valence-corrected chi connectivity index (χ1v) is 9.78. The van der Waals surface area contributed by atoms with Gasteiger partial charge in [0.25, 0.3) is 10.2 Å². The van der Waals surface area contributed by atoms with E-state index in [1.807, 2.05) is 0 Å². The second kappa shape index (κ2) is 6.93. The van der Waals surface area contributed by atoms with Gasteiger partial charge in [-0.2, -0.15) is 17.0 Å². The van der Waals surface area contributed by atoms with Gasteiger partial charge in [0.2, 0.25) is 0 Å². The fourth-order valence-corrected chi connectivity index (χ4v) is 6.57. The molecule has 0 bridgehead atoms. The predicted molar refractivity (Wildman–Crippen MR) is 91.1 cm³/mol. The average Bonchev–Trinajstić information content (AvgIpc) is 2.83. The van der Waals surface area contributed by atoms with Crippen LogP contribution in [-0.2, 0) is 10.2 Å². The third kappa shape index (κ3) is 3.46. The fraction of sp³-hybridized carbons (Fsp3) is 1.00. The van der Waals surface area contributed by atoms with Crippen LogP contribution in [0, 0.1) is 23.7 Å². The number of nitrogens with zero attached hydrogens (tertiary/aromatic N) is 2. The van der Waals surface area contributed by atoms with E-state index >= 15 is 0 Å². The molecular formula is C15H30ClN3O2S. The van der Waals surface area contributed by atoms with E-state index < -0.39 is 10.2 Å². The summed E-state index contributed by atoms with van der Waals surface area (Å²) in [5, 5.41) is 0. The molecule has 7 heteroatoms. The number of hydrogen-bond acceptors (Lipinski definition) is 3. The molecule has 1 aliphatic carbocycles. The summed E-state index contributed by atoms with van der Waals surface area (Å²) >= 11 is 0. The molecule has 5 unspecified atom stereocenters. The van der Waals surface area contributed by atoms with E-state index in [1.54, 1.807) is 8.61 Å². The first kappa shape index (κ1) is 18.5. The maximum absolute atomic E-state index is 12.9. The molecule has 0 aromatic heterocycles. The van der Waals surface area contributed by atoms with Gasteiger partial charge in [-0.05, 0) is 42.9 Å². The van der Waals surface area contributed by atoms with Crippen LogP contribution in [-0.4, -0.2) is 49.2 Å². The summed E-state index contributed by atoms with van der Waals surface area (Å²) in [7, 11) is -3.30. The Morgan fingerprint density at radius 2 is 1.55 bits per heavy atom. The molecule has 22 heavy (non-hydrogen) atoms. The van der Waals surface area contributed by atoms with Crippen molar-refractivity contribution in [2.75, 3.05) is 26.2 Å². The van der Waals surface area contributed by atoms with Crippen molar-refractivity contribution in [2.45, 2.75) is 45.6 Å². The van der Waals surface area contributed by atoms with Gasteiger partial charge in [-0.15, -0.1) is 12.4 Å². The first-order chi connectivity index (χ1) is 9.88. The van der Waals surface area contributed by atoms with Crippen molar-refractivity contribution in [3.05, 3.63) is 0 Å². The molecule has 5 atom stereocenters. The number of halogens is 1. The van der Waals surface area contributed by atoms with Gasteiger partial charge in [-0.25, -0.2) is 0 Å². The largest absolute Gasteiger partial charge is 0.327 e. The third-order valence-electron chi connectivity index (χ3n) is 5.61. The summed E-state index contributed by atoms with van der Waals surface area (Å²) in [6, 6.07) is 0.183. The van der Waals surface area contributed by atoms with Gasteiger partial charge < -0.3 is 5.73 Å². The minimum atomic E-state index is -3.30. The van der Waals surface area contributed by atoms with Crippen LogP contribution in [0.3, 0.4) is 0 Å². The highest BCUT2D eigenvalue weighted by Crippen LogP contribution is 2.37. The topological polar surface area (TPSA) is 66.6 Å². The van der Waals surface area contributed by atoms with Gasteiger partial charge >= 0.3 is 0 Å². The Kier molecular flexibility index (Phi) is 5.82. The Labute approximate surface area is 141 Å². The summed E-state index contributed by atoms with van der Waals surface area (Å²) in [5.41, 5.74) is 6.21. The number of hydrogen-bond donors (Lipinski definition) is 1. The minimum absolute atomic E-state index is 0. The molecule has 2 aliphatic heterocycles. The van der Waals surface area contributed by atoms with Crippen molar-refractivity contribution in [2.24, 2.45) is 29.4 Å². The van der Waals surface area contributed by atoms with E-state index in [0.29, 0.717) is 49.9 Å². The maximum atomic E-state index is 12.9. The Bertz CT molecular complexity index is 477. The quantitative estimate of drug-likeness (QED) is 0.823. The molecule has 2 N–H and O–H groups in total. The van der Waals surface area contributed by atoms with Gasteiger partial charge in [0.05, 0.1) is 0 Å². The first-order valence-electron chi connectivity index (χ1n) is 8.38. The lowest BCUT2D eigenvalue weighted by Crippen LogP contribution is -2.49. The van der Waals surface area contributed by atoms with E-state index in [2.05, 4.69) is 13.8 Å². The summed E-state index contributed by atoms with van der Waals surface area (Å²) in [5.74, 6) is 1.75. The number of piperidine rings is 1. The third-order valence-corrected chi connectivity index (χ3v) is 7.51. The molecule has 0 radical (unpaired) electrons. The van der Waals surface area contributed by atoms with Crippen molar-refractivity contribution >= 4 is 22.6 Å². The van der Waals surface area contributed by atoms with Gasteiger partial charge in [0.1, 0.15) is 0 Å². The van der Waals surface area contributed by atoms with Crippen molar-refractivity contribution < 1.29 is 8.42 Å². The predicted octanol–water partition coefficient (Wildman–Crippen LogP) is 1.69. The number of nitrogens with two attached hydrogens (primary N) is 1. The molecule has 2 heterocycles. The van der Waals surface area contributed by atoms with Crippen LogP contribution in [0.1, 0.15) is 39.5 Å². The van der Waals surface area contributed by atoms with E-state index in [9.17, 15) is 8.42 Å². The van der Waals surface area contributed by atoms with Crippen molar-refractivity contribution in [1.82, 2.24) is 8.61 Å². The van der Waals surface area contributed by atoms with E-state index in [4.69, 9.17) is 5.73 Å². The normalized spacial score (nSPS) is 41.0. The van der Waals surface area contributed by atoms with E-state index in [-0.39, 0.29) is 18.4 Å². The van der Waals surface area contributed by atoms with Crippen LogP contribution in [0.25, 0.3) is 0 Å². The molecule has 3 rings (SSSR count). The van der Waals surface area contributed by atoms with Crippen LogP contribution in [0.15, 0.2) is 0 Å². The monoisotopic (exact) mass is 351 g/mol. The van der Waals surface area contributed by atoms with E-state index in [0.717, 1.165) is 25.7 Å². The lowest BCUT2D eigenvalue weighted by atomic mass is 9.78. The summed E-state index contributed by atoms with van der Waals surface area (Å²) < 4.78 is 29.3. The zero-order valence-corrected chi connectivity index (χ0v) is 15.3. The van der Waals surface area contributed by atoms with Crippen LogP contribution in [0.2, 0.25) is 0 Å². The van der Waals surface area contributed by atoms with Crippen LogP contribution < -0.4 is 5.73 Å². The van der Waals surface area contributed by atoms with Crippen molar-refractivity contribution in [3.63, 3.8) is 0 Å². The average molecular weight is 352 g/mol. The lowest BCUT2D eigenvalue weighted by Gasteiger charge is -2.36. The van der Waals surface area contributed by atoms with Crippen molar-refractivity contribution in [3.8, 4) is 0 Å². The van der Waals surface area contributed by atoms with Crippen LogP contribution >= 0.6 is 12.4 Å². The second-order valence-corrected chi connectivity index (χ2v) is 9.53. The molecule has 1 saturated carbocycles. The Balaban J connectivity index is 0.00000176. The number of fused-ring (bicyclic) bond motifs is 1. The molecule has 5 nitrogen and oxygen atoms in total. The van der Waals surface area contributed by atoms with Crippen LogP contribution in [0.5, 0.6) is 0 Å². The Hall–Kier alpha value is 0.120. The molecule has 0 amide bonds. The minimum Gasteiger partial charge on any atom is -0.327 e. The zero-order chi connectivity index (χ0) is 15.2. The molecule has 2 saturated heterocycles.